The van der Waals surface area contributed by atoms with Gasteiger partial charge in [-0.3, -0.25) is 0 Å². The maximum absolute atomic E-state index is 5.20. The fourth-order valence-corrected chi connectivity index (χ4v) is 3.09. The summed E-state index contributed by atoms with van der Waals surface area (Å²) >= 11 is 0. The Bertz CT molecular complexity index is 312. The van der Waals surface area contributed by atoms with Crippen molar-refractivity contribution in [2.24, 2.45) is 11.8 Å². The Labute approximate surface area is 111 Å². The van der Waals surface area contributed by atoms with Gasteiger partial charge < -0.3 is 9.73 Å². The normalized spacial score (nSPS) is 26.1. The molecule has 1 unspecified atom stereocenters. The molecule has 2 heteroatoms. The van der Waals surface area contributed by atoms with Gasteiger partial charge in [0.2, 0.25) is 0 Å². The third-order valence-corrected chi connectivity index (χ3v) is 4.32. The van der Waals surface area contributed by atoms with Crippen molar-refractivity contribution in [3.8, 4) is 0 Å². The fourth-order valence-electron chi connectivity index (χ4n) is 3.09. The van der Waals surface area contributed by atoms with E-state index in [-0.39, 0.29) is 0 Å². The lowest BCUT2D eigenvalue weighted by molar-refractivity contribution is 0.228. The van der Waals surface area contributed by atoms with Crippen LogP contribution < -0.4 is 5.32 Å². The zero-order valence-corrected chi connectivity index (χ0v) is 11.8. The molecule has 1 fully saturated rings. The summed E-state index contributed by atoms with van der Waals surface area (Å²) in [5.74, 6) is 1.78. The van der Waals surface area contributed by atoms with Gasteiger partial charge in [0.05, 0.1) is 12.5 Å². The van der Waals surface area contributed by atoms with Crippen molar-refractivity contribution in [2.45, 2.75) is 58.4 Å². The first kappa shape index (κ1) is 13.7. The van der Waals surface area contributed by atoms with Crippen LogP contribution in [0.3, 0.4) is 0 Å². The topological polar surface area (TPSA) is 25.2 Å². The minimum Gasteiger partial charge on any atom is -0.472 e. The minimum absolute atomic E-state index is 0.634. The predicted octanol–water partition coefficient (Wildman–Crippen LogP) is 4.02. The Morgan fingerprint density at radius 3 is 2.72 bits per heavy atom. The molecule has 1 heterocycles. The highest BCUT2D eigenvalue weighted by molar-refractivity contribution is 5.08. The smallest absolute Gasteiger partial charge is 0.0935 e. The molecule has 2 nitrogen and oxygen atoms in total. The first-order valence-electron chi connectivity index (χ1n) is 7.54. The van der Waals surface area contributed by atoms with Crippen LogP contribution in [0, 0.1) is 11.8 Å². The molecule has 1 aliphatic carbocycles. The molecule has 1 aromatic rings. The summed E-state index contributed by atoms with van der Waals surface area (Å²) in [5.41, 5.74) is 1.34. The average molecular weight is 249 g/mol. The molecule has 0 bridgehead atoms. The molecular weight excluding hydrogens is 222 g/mol. The van der Waals surface area contributed by atoms with E-state index in [1.54, 1.807) is 6.26 Å². The Morgan fingerprint density at radius 2 is 2.11 bits per heavy atom. The van der Waals surface area contributed by atoms with Crippen LogP contribution in [0.5, 0.6) is 0 Å². The average Bonchev–Trinajstić information content (AvgIpc) is 2.88. The van der Waals surface area contributed by atoms with Gasteiger partial charge in [-0.1, -0.05) is 26.7 Å². The molecule has 0 radical (unpaired) electrons. The Morgan fingerprint density at radius 1 is 1.33 bits per heavy atom. The first-order valence-corrected chi connectivity index (χ1v) is 7.54. The van der Waals surface area contributed by atoms with Crippen molar-refractivity contribution in [1.29, 1.82) is 0 Å². The highest BCUT2D eigenvalue weighted by Gasteiger charge is 2.25. The van der Waals surface area contributed by atoms with Crippen LogP contribution in [-0.2, 0) is 6.42 Å². The van der Waals surface area contributed by atoms with Crippen LogP contribution in [0.25, 0.3) is 0 Å². The lowest BCUT2D eigenvalue weighted by atomic mass is 9.78. The van der Waals surface area contributed by atoms with Crippen LogP contribution in [0.1, 0.15) is 51.5 Å². The molecule has 0 aliphatic heterocycles. The molecule has 0 amide bonds. The summed E-state index contributed by atoms with van der Waals surface area (Å²) in [6, 6.07) is 2.74. The second-order valence-electron chi connectivity index (χ2n) is 5.92. The molecule has 2 rings (SSSR count). The molecule has 1 N–H and O–H groups in total. The van der Waals surface area contributed by atoms with Crippen molar-refractivity contribution in [1.82, 2.24) is 5.32 Å². The van der Waals surface area contributed by atoms with Gasteiger partial charge in [0, 0.05) is 6.04 Å². The molecule has 1 atom stereocenters. The summed E-state index contributed by atoms with van der Waals surface area (Å²) in [7, 11) is 0. The summed E-state index contributed by atoms with van der Waals surface area (Å²) in [6.45, 7) is 5.76. The fraction of sp³-hybridized carbons (Fsp3) is 0.750. The summed E-state index contributed by atoms with van der Waals surface area (Å²) < 4.78 is 5.20. The largest absolute Gasteiger partial charge is 0.472 e. The summed E-state index contributed by atoms with van der Waals surface area (Å²) in [5, 5.41) is 3.75. The molecule has 0 saturated heterocycles. The molecule has 102 valence electrons. The van der Waals surface area contributed by atoms with Crippen molar-refractivity contribution in [3.05, 3.63) is 24.2 Å². The monoisotopic (exact) mass is 249 g/mol. The van der Waals surface area contributed by atoms with Gasteiger partial charge in [-0.25, -0.2) is 0 Å². The molecule has 1 aliphatic rings. The van der Waals surface area contributed by atoms with E-state index in [2.05, 4.69) is 25.2 Å². The van der Waals surface area contributed by atoms with Gasteiger partial charge in [-0.05, 0) is 55.7 Å². The van der Waals surface area contributed by atoms with Crippen molar-refractivity contribution < 1.29 is 4.42 Å². The second-order valence-corrected chi connectivity index (χ2v) is 5.92. The lowest BCUT2D eigenvalue weighted by Crippen LogP contribution is -2.40. The van der Waals surface area contributed by atoms with E-state index < -0.39 is 0 Å². The van der Waals surface area contributed by atoms with E-state index in [4.69, 9.17) is 4.42 Å². The zero-order valence-electron chi connectivity index (χ0n) is 11.8. The number of hydrogen-bond acceptors (Lipinski definition) is 2. The molecular formula is C16H27NO. The summed E-state index contributed by atoms with van der Waals surface area (Å²) in [4.78, 5) is 0. The molecule has 18 heavy (non-hydrogen) atoms. The highest BCUT2D eigenvalue weighted by Crippen LogP contribution is 2.31. The van der Waals surface area contributed by atoms with E-state index in [0.717, 1.165) is 24.8 Å². The molecule has 1 aromatic heterocycles. The highest BCUT2D eigenvalue weighted by atomic mass is 16.3. The molecule has 1 saturated carbocycles. The predicted molar refractivity (Wildman–Crippen MR) is 75.6 cm³/mol. The maximum Gasteiger partial charge on any atom is 0.0935 e. The molecule has 0 spiro atoms. The number of hydrogen-bond donors (Lipinski definition) is 1. The second kappa shape index (κ2) is 6.98. The Balaban J connectivity index is 1.91. The Hall–Kier alpha value is -0.760. The number of nitrogens with one attached hydrogen (secondary N) is 1. The SMILES string of the molecule is CCCNC(Cc1ccoc1)C1CCC(C)CC1. The van der Waals surface area contributed by atoms with Crippen LogP contribution in [0.4, 0.5) is 0 Å². The quantitative estimate of drug-likeness (QED) is 0.824. The third-order valence-electron chi connectivity index (χ3n) is 4.32. The zero-order chi connectivity index (χ0) is 12.8. The van der Waals surface area contributed by atoms with Crippen LogP contribution in [0.2, 0.25) is 0 Å². The van der Waals surface area contributed by atoms with Crippen LogP contribution >= 0.6 is 0 Å². The van der Waals surface area contributed by atoms with Gasteiger partial charge in [0.15, 0.2) is 0 Å². The number of rotatable bonds is 6. The van der Waals surface area contributed by atoms with E-state index in [1.165, 1.54) is 37.7 Å². The van der Waals surface area contributed by atoms with Gasteiger partial charge in [-0.2, -0.15) is 0 Å². The number of furan rings is 1. The van der Waals surface area contributed by atoms with Crippen molar-refractivity contribution in [3.63, 3.8) is 0 Å². The standard InChI is InChI=1S/C16H27NO/c1-3-9-17-16(11-14-8-10-18-12-14)15-6-4-13(2)5-7-15/h8,10,12-13,15-17H,3-7,9,11H2,1-2H3. The van der Waals surface area contributed by atoms with Gasteiger partial charge >= 0.3 is 0 Å². The van der Waals surface area contributed by atoms with E-state index >= 15 is 0 Å². The van der Waals surface area contributed by atoms with Crippen molar-refractivity contribution in [2.75, 3.05) is 6.54 Å². The van der Waals surface area contributed by atoms with E-state index in [1.807, 2.05) is 6.26 Å². The van der Waals surface area contributed by atoms with Crippen LogP contribution in [-0.4, -0.2) is 12.6 Å². The first-order chi connectivity index (χ1) is 8.79. The van der Waals surface area contributed by atoms with Crippen LogP contribution in [0.15, 0.2) is 23.0 Å². The van der Waals surface area contributed by atoms with Crippen molar-refractivity contribution >= 4 is 0 Å². The Kier molecular flexibility index (Phi) is 5.30. The maximum atomic E-state index is 5.20. The van der Waals surface area contributed by atoms with Gasteiger partial charge in [0.1, 0.15) is 0 Å². The lowest BCUT2D eigenvalue weighted by Gasteiger charge is -2.33. The minimum atomic E-state index is 0.634. The molecule has 0 aromatic carbocycles. The van der Waals surface area contributed by atoms with Gasteiger partial charge in [-0.15, -0.1) is 0 Å². The summed E-state index contributed by atoms with van der Waals surface area (Å²) in [6.07, 6.45) is 11.6. The van der Waals surface area contributed by atoms with Gasteiger partial charge in [0.25, 0.3) is 0 Å². The third kappa shape index (κ3) is 3.88. The van der Waals surface area contributed by atoms with E-state index in [0.29, 0.717) is 6.04 Å². The van der Waals surface area contributed by atoms with E-state index in [9.17, 15) is 0 Å².